The molecule has 1 saturated heterocycles. The lowest BCUT2D eigenvalue weighted by atomic mass is 10.3. The van der Waals surface area contributed by atoms with Crippen LogP contribution in [-0.2, 0) is 20.5 Å². The fourth-order valence-electron chi connectivity index (χ4n) is 1.27. The second-order valence-corrected chi connectivity index (χ2v) is 5.36. The molecule has 0 aromatic rings. The van der Waals surface area contributed by atoms with Gasteiger partial charge in [0.05, 0.1) is 24.2 Å². The molecule has 82 valence electrons. The standard InChI is InChI=1S/C8H15NO4S/c1-6(2)14(12)9-3-4-13-5-7(9)8(10)11/h6-7H,3-5H2,1-2H3,(H,10,11). The first kappa shape index (κ1) is 11.6. The van der Waals surface area contributed by atoms with Crippen molar-refractivity contribution in [2.24, 2.45) is 0 Å². The lowest BCUT2D eigenvalue weighted by molar-refractivity contribution is -0.145. The highest BCUT2D eigenvalue weighted by molar-refractivity contribution is 7.83. The van der Waals surface area contributed by atoms with Crippen molar-refractivity contribution in [1.29, 1.82) is 0 Å². The van der Waals surface area contributed by atoms with E-state index in [1.807, 2.05) is 13.8 Å². The summed E-state index contributed by atoms with van der Waals surface area (Å²) in [6.45, 7) is 4.60. The van der Waals surface area contributed by atoms with Gasteiger partial charge in [-0.3, -0.25) is 4.79 Å². The van der Waals surface area contributed by atoms with Crippen molar-refractivity contribution in [3.8, 4) is 0 Å². The van der Waals surface area contributed by atoms with Crippen molar-refractivity contribution < 1.29 is 18.8 Å². The van der Waals surface area contributed by atoms with Crippen molar-refractivity contribution in [2.45, 2.75) is 25.1 Å². The normalized spacial score (nSPS) is 26.4. The first-order valence-corrected chi connectivity index (χ1v) is 5.69. The number of ether oxygens (including phenoxy) is 1. The molecule has 1 aliphatic heterocycles. The van der Waals surface area contributed by atoms with Gasteiger partial charge < -0.3 is 9.84 Å². The van der Waals surface area contributed by atoms with Gasteiger partial charge in [-0.15, -0.1) is 0 Å². The Balaban J connectivity index is 2.72. The summed E-state index contributed by atoms with van der Waals surface area (Å²) in [5.74, 6) is -0.973. The first-order valence-electron chi connectivity index (χ1n) is 4.52. The topological polar surface area (TPSA) is 66.8 Å². The second kappa shape index (κ2) is 4.86. The van der Waals surface area contributed by atoms with E-state index in [1.54, 1.807) is 0 Å². The van der Waals surface area contributed by atoms with Crippen LogP contribution in [-0.4, -0.2) is 50.6 Å². The average molecular weight is 221 g/mol. The molecule has 0 bridgehead atoms. The van der Waals surface area contributed by atoms with Crippen molar-refractivity contribution in [3.63, 3.8) is 0 Å². The summed E-state index contributed by atoms with van der Waals surface area (Å²) < 4.78 is 18.3. The van der Waals surface area contributed by atoms with Crippen LogP contribution in [0.3, 0.4) is 0 Å². The second-order valence-electron chi connectivity index (χ2n) is 3.39. The van der Waals surface area contributed by atoms with Gasteiger partial charge in [0, 0.05) is 11.8 Å². The zero-order valence-corrected chi connectivity index (χ0v) is 9.12. The van der Waals surface area contributed by atoms with Gasteiger partial charge in [-0.2, -0.15) is 0 Å². The Morgan fingerprint density at radius 3 is 2.79 bits per heavy atom. The molecule has 0 spiro atoms. The SMILES string of the molecule is CC(C)S(=O)N1CCOCC1C(=O)O. The number of morpholine rings is 1. The number of carboxylic acids is 1. The van der Waals surface area contributed by atoms with Gasteiger partial charge in [-0.25, -0.2) is 8.51 Å². The first-order chi connectivity index (χ1) is 6.54. The van der Waals surface area contributed by atoms with E-state index in [2.05, 4.69) is 0 Å². The van der Waals surface area contributed by atoms with Crippen LogP contribution in [0.2, 0.25) is 0 Å². The molecule has 1 rings (SSSR count). The Bertz CT molecular complexity index is 243. The minimum Gasteiger partial charge on any atom is -0.480 e. The Labute approximate surface area is 85.6 Å². The summed E-state index contributed by atoms with van der Waals surface area (Å²) in [4.78, 5) is 10.8. The van der Waals surface area contributed by atoms with E-state index in [0.29, 0.717) is 13.2 Å². The smallest absolute Gasteiger partial charge is 0.324 e. The van der Waals surface area contributed by atoms with Crippen LogP contribution in [0.4, 0.5) is 0 Å². The Morgan fingerprint density at radius 2 is 2.29 bits per heavy atom. The van der Waals surface area contributed by atoms with Gasteiger partial charge in [-0.1, -0.05) is 0 Å². The Hall–Kier alpha value is -0.460. The molecule has 0 aromatic carbocycles. The van der Waals surface area contributed by atoms with Crippen LogP contribution < -0.4 is 0 Å². The molecule has 0 saturated carbocycles. The Kier molecular flexibility index (Phi) is 4.03. The van der Waals surface area contributed by atoms with Gasteiger partial charge >= 0.3 is 5.97 Å². The summed E-state index contributed by atoms with van der Waals surface area (Å²) in [7, 11) is -1.24. The van der Waals surface area contributed by atoms with Crippen LogP contribution in [0.15, 0.2) is 0 Å². The highest BCUT2D eigenvalue weighted by Gasteiger charge is 2.33. The molecule has 0 amide bonds. The lowest BCUT2D eigenvalue weighted by Crippen LogP contribution is -2.51. The molecule has 1 heterocycles. The molecule has 2 unspecified atom stereocenters. The Morgan fingerprint density at radius 1 is 1.64 bits per heavy atom. The fraction of sp³-hybridized carbons (Fsp3) is 0.875. The van der Waals surface area contributed by atoms with Gasteiger partial charge in [0.1, 0.15) is 6.04 Å². The maximum Gasteiger partial charge on any atom is 0.324 e. The number of carboxylic acid groups (broad SMARTS) is 1. The molecular weight excluding hydrogens is 206 g/mol. The van der Waals surface area contributed by atoms with Gasteiger partial charge in [0.15, 0.2) is 0 Å². The lowest BCUT2D eigenvalue weighted by Gasteiger charge is -2.32. The third-order valence-corrected chi connectivity index (χ3v) is 3.70. The zero-order chi connectivity index (χ0) is 10.7. The van der Waals surface area contributed by atoms with Crippen LogP contribution in [0.1, 0.15) is 13.8 Å². The predicted molar refractivity (Wildman–Crippen MR) is 52.2 cm³/mol. The molecule has 2 atom stereocenters. The summed E-state index contributed by atoms with van der Waals surface area (Å²) in [6, 6.07) is -0.771. The molecule has 1 N–H and O–H groups in total. The summed E-state index contributed by atoms with van der Waals surface area (Å²) >= 11 is 0. The van der Waals surface area contributed by atoms with Crippen LogP contribution in [0.25, 0.3) is 0 Å². The van der Waals surface area contributed by atoms with E-state index in [9.17, 15) is 9.00 Å². The van der Waals surface area contributed by atoms with E-state index in [-0.39, 0.29) is 11.9 Å². The third-order valence-electron chi connectivity index (χ3n) is 2.00. The molecule has 5 nitrogen and oxygen atoms in total. The molecule has 6 heteroatoms. The van der Waals surface area contributed by atoms with Crippen LogP contribution in [0.5, 0.6) is 0 Å². The van der Waals surface area contributed by atoms with Gasteiger partial charge in [-0.05, 0) is 13.8 Å². The monoisotopic (exact) mass is 221 g/mol. The molecule has 1 aliphatic rings. The molecular formula is C8H15NO4S. The number of nitrogens with zero attached hydrogens (tertiary/aromatic N) is 1. The number of rotatable bonds is 3. The van der Waals surface area contributed by atoms with E-state index in [0.717, 1.165) is 0 Å². The average Bonchev–Trinajstić information content (AvgIpc) is 2.16. The maximum atomic E-state index is 11.7. The maximum absolute atomic E-state index is 11.7. The van der Waals surface area contributed by atoms with E-state index < -0.39 is 23.0 Å². The quantitative estimate of drug-likeness (QED) is 0.719. The van der Waals surface area contributed by atoms with Crippen molar-refractivity contribution >= 4 is 17.0 Å². The van der Waals surface area contributed by atoms with Gasteiger partial charge in [0.2, 0.25) is 0 Å². The molecule has 0 radical (unpaired) electrons. The third kappa shape index (κ3) is 2.52. The van der Waals surface area contributed by atoms with Crippen molar-refractivity contribution in [3.05, 3.63) is 0 Å². The summed E-state index contributed by atoms with van der Waals surface area (Å²) in [5.41, 5.74) is 0. The number of hydrogen-bond acceptors (Lipinski definition) is 3. The summed E-state index contributed by atoms with van der Waals surface area (Å²) in [5, 5.41) is 8.82. The number of aliphatic carboxylic acids is 1. The predicted octanol–water partition coefficient (Wildman–Crippen LogP) is -0.156. The number of carbonyl (C=O) groups is 1. The van der Waals surface area contributed by atoms with Crippen molar-refractivity contribution in [2.75, 3.05) is 19.8 Å². The fourth-order valence-corrected chi connectivity index (χ4v) is 2.47. The van der Waals surface area contributed by atoms with Crippen molar-refractivity contribution in [1.82, 2.24) is 4.31 Å². The molecule has 0 aromatic heterocycles. The van der Waals surface area contributed by atoms with E-state index in [4.69, 9.17) is 9.84 Å². The van der Waals surface area contributed by atoms with Gasteiger partial charge in [0.25, 0.3) is 0 Å². The minimum atomic E-state index is -1.24. The largest absolute Gasteiger partial charge is 0.480 e. The molecule has 1 fully saturated rings. The van der Waals surface area contributed by atoms with Crippen LogP contribution >= 0.6 is 0 Å². The highest BCUT2D eigenvalue weighted by Crippen LogP contribution is 2.13. The molecule has 0 aliphatic carbocycles. The van der Waals surface area contributed by atoms with E-state index >= 15 is 0 Å². The zero-order valence-electron chi connectivity index (χ0n) is 8.30. The highest BCUT2D eigenvalue weighted by atomic mass is 32.2. The van der Waals surface area contributed by atoms with E-state index in [1.165, 1.54) is 4.31 Å². The minimum absolute atomic E-state index is 0.0602. The van der Waals surface area contributed by atoms with Crippen LogP contribution in [0, 0.1) is 0 Å². The number of hydrogen-bond donors (Lipinski definition) is 1. The summed E-state index contributed by atoms with van der Waals surface area (Å²) in [6.07, 6.45) is 0. The molecule has 14 heavy (non-hydrogen) atoms.